The van der Waals surface area contributed by atoms with Gasteiger partial charge in [-0.1, -0.05) is 0 Å². The van der Waals surface area contributed by atoms with Crippen molar-refractivity contribution in [2.24, 2.45) is 5.92 Å². The van der Waals surface area contributed by atoms with Crippen molar-refractivity contribution in [1.29, 1.82) is 0 Å². The van der Waals surface area contributed by atoms with Crippen LogP contribution in [-0.4, -0.2) is 48.8 Å². The summed E-state index contributed by atoms with van der Waals surface area (Å²) in [4.78, 5) is 36.8. The third-order valence-corrected chi connectivity index (χ3v) is 7.78. The Labute approximate surface area is 186 Å². The van der Waals surface area contributed by atoms with Crippen molar-refractivity contribution < 1.29 is 27.5 Å². The summed E-state index contributed by atoms with van der Waals surface area (Å²) in [5, 5.41) is 2.80. The lowest BCUT2D eigenvalue weighted by Gasteiger charge is -2.16. The minimum absolute atomic E-state index is 0.0151. The van der Waals surface area contributed by atoms with Crippen molar-refractivity contribution in [2.75, 3.05) is 23.4 Å². The Bertz CT molecular complexity index is 1180. The molecule has 0 spiro atoms. The lowest BCUT2D eigenvalue weighted by molar-refractivity contribution is -0.117. The molecule has 2 heterocycles. The van der Waals surface area contributed by atoms with E-state index in [2.05, 4.69) is 5.32 Å². The first-order valence-electron chi connectivity index (χ1n) is 10.6. The minimum atomic E-state index is -3.05. The zero-order valence-electron chi connectivity index (χ0n) is 18.1. The van der Waals surface area contributed by atoms with Gasteiger partial charge in [0.25, 0.3) is 0 Å². The third-order valence-electron chi connectivity index (χ3n) is 6.03. The molecule has 0 radical (unpaired) electrons. The number of nitrogens with one attached hydrogen (secondary N) is 1. The van der Waals surface area contributed by atoms with Gasteiger partial charge in [-0.3, -0.25) is 9.59 Å². The molecule has 1 saturated heterocycles. The molecule has 1 amide bonds. The van der Waals surface area contributed by atoms with Gasteiger partial charge in [-0.2, -0.15) is 0 Å². The van der Waals surface area contributed by atoms with Crippen molar-refractivity contribution in [3.63, 3.8) is 0 Å². The Morgan fingerprint density at radius 3 is 2.38 bits per heavy atom. The normalized spacial score (nSPS) is 19.5. The van der Waals surface area contributed by atoms with Crippen molar-refractivity contribution in [2.45, 2.75) is 39.2 Å². The van der Waals surface area contributed by atoms with Crippen LogP contribution >= 0.6 is 0 Å². The summed E-state index contributed by atoms with van der Waals surface area (Å²) in [6.07, 6.45) is 2.34. The van der Waals surface area contributed by atoms with E-state index in [1.807, 2.05) is 11.5 Å². The number of hydrogen-bond donors (Lipinski definition) is 1. The number of rotatable bonds is 7. The van der Waals surface area contributed by atoms with Crippen molar-refractivity contribution in [3.05, 3.63) is 52.8 Å². The largest absolute Gasteiger partial charge is 0.454 e. The molecule has 1 aromatic heterocycles. The molecular weight excluding hydrogens is 432 g/mol. The molecule has 170 valence electrons. The van der Waals surface area contributed by atoms with Gasteiger partial charge in [-0.05, 0) is 63.4 Å². The van der Waals surface area contributed by atoms with Gasteiger partial charge in [-0.15, -0.1) is 0 Å². The SMILES string of the molecule is Cc1cc(C(=O)COC(=O)c2ccc(NC(=O)C3CC3)cc2)c(C)n1C1CCS(=O)(=O)C1. The lowest BCUT2D eigenvalue weighted by atomic mass is 10.1. The predicted molar refractivity (Wildman–Crippen MR) is 119 cm³/mol. The minimum Gasteiger partial charge on any atom is -0.454 e. The number of ether oxygens (including phenoxy) is 1. The fraction of sp³-hybridized carbons (Fsp3) is 0.435. The predicted octanol–water partition coefficient (Wildman–Crippen LogP) is 2.85. The topological polar surface area (TPSA) is 112 Å². The second-order valence-corrected chi connectivity index (χ2v) is 10.8. The Hall–Kier alpha value is -2.94. The maximum atomic E-state index is 12.7. The van der Waals surface area contributed by atoms with Gasteiger partial charge < -0.3 is 14.6 Å². The van der Waals surface area contributed by atoms with Crippen LogP contribution in [0.2, 0.25) is 0 Å². The Balaban J connectivity index is 1.37. The third kappa shape index (κ3) is 4.77. The zero-order chi connectivity index (χ0) is 23.0. The highest BCUT2D eigenvalue weighted by atomic mass is 32.2. The average molecular weight is 459 g/mol. The number of anilines is 1. The first kappa shape index (κ1) is 22.3. The number of carbonyl (C=O) groups excluding carboxylic acids is 3. The van der Waals surface area contributed by atoms with Crippen molar-refractivity contribution >= 4 is 33.2 Å². The van der Waals surface area contributed by atoms with Gasteiger partial charge in [0.15, 0.2) is 16.4 Å². The summed E-state index contributed by atoms with van der Waals surface area (Å²) < 4.78 is 30.8. The highest BCUT2D eigenvalue weighted by molar-refractivity contribution is 7.91. The van der Waals surface area contributed by atoms with Crippen molar-refractivity contribution in [1.82, 2.24) is 4.57 Å². The first-order valence-corrected chi connectivity index (χ1v) is 12.5. The molecule has 1 atom stereocenters. The standard InChI is InChI=1S/C23H26N2O6S/c1-14-11-20(15(2)25(14)19-9-10-32(29,30)13-19)21(26)12-31-23(28)17-5-7-18(8-6-17)24-22(27)16-3-4-16/h5-8,11,16,19H,3-4,9-10,12-13H2,1-2H3,(H,24,27). The molecule has 8 nitrogen and oxygen atoms in total. The molecule has 32 heavy (non-hydrogen) atoms. The molecule has 9 heteroatoms. The fourth-order valence-corrected chi connectivity index (χ4v) is 5.87. The van der Waals surface area contributed by atoms with Gasteiger partial charge in [0.05, 0.1) is 17.1 Å². The van der Waals surface area contributed by atoms with Crippen LogP contribution < -0.4 is 5.32 Å². The summed E-state index contributed by atoms with van der Waals surface area (Å²) in [6.45, 7) is 3.21. The van der Waals surface area contributed by atoms with Gasteiger partial charge in [0.2, 0.25) is 11.7 Å². The number of carbonyl (C=O) groups is 3. The van der Waals surface area contributed by atoms with E-state index in [1.165, 1.54) is 0 Å². The number of amides is 1. The van der Waals surface area contributed by atoms with E-state index in [9.17, 15) is 22.8 Å². The van der Waals surface area contributed by atoms with Crippen LogP contribution in [0.5, 0.6) is 0 Å². The monoisotopic (exact) mass is 458 g/mol. The number of ketones is 1. The maximum absolute atomic E-state index is 12.7. The molecule has 2 aliphatic rings. The first-order chi connectivity index (χ1) is 15.1. The van der Waals surface area contributed by atoms with Gasteiger partial charge in [-0.25, -0.2) is 13.2 Å². The average Bonchev–Trinajstić information content (AvgIpc) is 3.48. The molecule has 1 aromatic carbocycles. The van der Waals surface area contributed by atoms with E-state index in [4.69, 9.17) is 4.74 Å². The Kier molecular flexibility index (Phi) is 5.94. The Morgan fingerprint density at radius 2 is 1.78 bits per heavy atom. The lowest BCUT2D eigenvalue weighted by Crippen LogP contribution is -2.17. The summed E-state index contributed by atoms with van der Waals surface area (Å²) in [6, 6.07) is 7.88. The second-order valence-electron chi connectivity index (χ2n) is 8.55. The van der Waals surface area contributed by atoms with E-state index in [0.29, 0.717) is 23.4 Å². The highest BCUT2D eigenvalue weighted by Crippen LogP contribution is 2.30. The molecule has 1 aliphatic heterocycles. The van der Waals surface area contributed by atoms with Crippen LogP contribution in [0.25, 0.3) is 0 Å². The van der Waals surface area contributed by atoms with E-state index < -0.39 is 22.4 Å². The van der Waals surface area contributed by atoms with Crippen LogP contribution in [0, 0.1) is 19.8 Å². The molecule has 1 saturated carbocycles. The number of aryl methyl sites for hydroxylation is 1. The van der Waals surface area contributed by atoms with Gasteiger partial charge >= 0.3 is 5.97 Å². The van der Waals surface area contributed by atoms with Crippen LogP contribution in [0.15, 0.2) is 30.3 Å². The number of benzene rings is 1. The van der Waals surface area contributed by atoms with E-state index in [1.54, 1.807) is 37.3 Å². The number of aromatic nitrogens is 1. The summed E-state index contributed by atoms with van der Waals surface area (Å²) >= 11 is 0. The van der Waals surface area contributed by atoms with E-state index >= 15 is 0 Å². The molecular formula is C23H26N2O6S. The van der Waals surface area contributed by atoms with E-state index in [-0.39, 0.29) is 40.7 Å². The number of hydrogen-bond acceptors (Lipinski definition) is 6. The molecule has 1 N–H and O–H groups in total. The van der Waals surface area contributed by atoms with Crippen molar-refractivity contribution in [3.8, 4) is 0 Å². The molecule has 1 aliphatic carbocycles. The number of nitrogens with zero attached hydrogens (tertiary/aromatic N) is 1. The Morgan fingerprint density at radius 1 is 1.09 bits per heavy atom. The smallest absolute Gasteiger partial charge is 0.338 e. The number of sulfone groups is 1. The summed E-state index contributed by atoms with van der Waals surface area (Å²) in [7, 11) is -3.05. The molecule has 0 bridgehead atoms. The van der Waals surface area contributed by atoms with Crippen LogP contribution in [0.3, 0.4) is 0 Å². The zero-order valence-corrected chi connectivity index (χ0v) is 18.9. The molecule has 2 fully saturated rings. The maximum Gasteiger partial charge on any atom is 0.338 e. The highest BCUT2D eigenvalue weighted by Gasteiger charge is 2.32. The number of Topliss-reactive ketones (excluding diaryl/α,β-unsaturated/α-hetero) is 1. The molecule has 4 rings (SSSR count). The summed E-state index contributed by atoms with van der Waals surface area (Å²) in [5.74, 6) is -0.674. The quantitative estimate of drug-likeness (QED) is 0.504. The summed E-state index contributed by atoms with van der Waals surface area (Å²) in [5.41, 5.74) is 2.81. The molecule has 2 aromatic rings. The fourth-order valence-electron chi connectivity index (χ4n) is 4.17. The van der Waals surface area contributed by atoms with Crippen LogP contribution in [0.1, 0.15) is 57.4 Å². The van der Waals surface area contributed by atoms with Gasteiger partial charge in [0, 0.05) is 34.6 Å². The second kappa shape index (κ2) is 8.54. The van der Waals surface area contributed by atoms with Crippen LogP contribution in [0.4, 0.5) is 5.69 Å². The molecule has 1 unspecified atom stereocenters. The van der Waals surface area contributed by atoms with Gasteiger partial charge in [0.1, 0.15) is 0 Å². The number of esters is 1. The van der Waals surface area contributed by atoms with Crippen LogP contribution in [-0.2, 0) is 19.4 Å². The van der Waals surface area contributed by atoms with E-state index in [0.717, 1.165) is 18.5 Å².